The molecule has 4 nitrogen and oxygen atoms in total. The highest BCUT2D eigenvalue weighted by Crippen LogP contribution is 2.32. The van der Waals surface area contributed by atoms with Crippen molar-refractivity contribution < 1.29 is 9.31 Å². The zero-order chi connectivity index (χ0) is 14.0. The maximum absolute atomic E-state index is 13.4. The number of halogens is 3. The minimum atomic E-state index is -0.844. The van der Waals surface area contributed by atoms with Crippen LogP contribution in [0.25, 0.3) is 0 Å². The summed E-state index contributed by atoms with van der Waals surface area (Å²) in [5.74, 6) is -0.844. The zero-order valence-corrected chi connectivity index (χ0v) is 13.3. The number of nitrogens with one attached hydrogen (secondary N) is 1. The van der Waals surface area contributed by atoms with Crippen LogP contribution in [0.4, 0.5) is 15.8 Å². The van der Waals surface area contributed by atoms with Crippen LogP contribution in [-0.4, -0.2) is 4.92 Å². The highest BCUT2D eigenvalue weighted by atomic mass is 79.9. The van der Waals surface area contributed by atoms with Crippen molar-refractivity contribution in [2.45, 2.75) is 6.54 Å². The normalized spacial score (nSPS) is 10.5. The van der Waals surface area contributed by atoms with Gasteiger partial charge >= 0.3 is 5.69 Å². The Kier molecular flexibility index (Phi) is 4.54. The van der Waals surface area contributed by atoms with Crippen LogP contribution in [0.5, 0.6) is 0 Å². The quantitative estimate of drug-likeness (QED) is 0.575. The van der Waals surface area contributed by atoms with Gasteiger partial charge in [0, 0.05) is 33.7 Å². The van der Waals surface area contributed by atoms with Crippen LogP contribution in [0.3, 0.4) is 0 Å². The Labute approximate surface area is 129 Å². The molecule has 0 atom stereocenters. The molecule has 1 N–H and O–H groups in total. The summed E-state index contributed by atoms with van der Waals surface area (Å²) in [7, 11) is 0. The van der Waals surface area contributed by atoms with Gasteiger partial charge in [0.15, 0.2) is 0 Å². The third-order valence-electron chi connectivity index (χ3n) is 2.31. The van der Waals surface area contributed by atoms with Crippen molar-refractivity contribution in [3.63, 3.8) is 0 Å². The lowest BCUT2D eigenvalue weighted by Crippen LogP contribution is -1.99. The molecule has 0 saturated heterocycles. The molecule has 0 bridgehead atoms. The first-order chi connectivity index (χ1) is 8.97. The minimum Gasteiger partial charge on any atom is -0.380 e. The van der Waals surface area contributed by atoms with Crippen molar-refractivity contribution >= 4 is 54.6 Å². The fourth-order valence-corrected chi connectivity index (χ4v) is 3.55. The fourth-order valence-electron chi connectivity index (χ4n) is 1.43. The monoisotopic (exact) mass is 408 g/mol. The molecule has 0 fully saturated rings. The molecule has 0 unspecified atom stereocenters. The maximum Gasteiger partial charge on any atom is 0.304 e. The first kappa shape index (κ1) is 14.4. The van der Waals surface area contributed by atoms with E-state index >= 15 is 0 Å². The standard InChI is InChI=1S/C11H7Br2FN2O2S/c12-8-4-7(19-11(8)13)5-15-6-1-2-10(16(17)18)9(14)3-6/h1-4,15H,5H2. The Morgan fingerprint density at radius 2 is 2.11 bits per heavy atom. The minimum absolute atomic E-state index is 0.503. The number of hydrogen-bond acceptors (Lipinski definition) is 4. The lowest BCUT2D eigenvalue weighted by atomic mass is 10.2. The van der Waals surface area contributed by atoms with Crippen molar-refractivity contribution in [2.75, 3.05) is 5.32 Å². The van der Waals surface area contributed by atoms with Crippen molar-refractivity contribution in [1.82, 2.24) is 0 Å². The summed E-state index contributed by atoms with van der Waals surface area (Å²) in [6, 6.07) is 5.70. The van der Waals surface area contributed by atoms with Crippen molar-refractivity contribution in [2.24, 2.45) is 0 Å². The molecule has 0 amide bonds. The summed E-state index contributed by atoms with van der Waals surface area (Å²) >= 11 is 8.32. The number of benzene rings is 1. The summed E-state index contributed by atoms with van der Waals surface area (Å²) in [4.78, 5) is 10.8. The van der Waals surface area contributed by atoms with Crippen LogP contribution in [-0.2, 0) is 6.54 Å². The second kappa shape index (κ2) is 5.98. The molecule has 0 aliphatic carbocycles. The SMILES string of the molecule is O=[N+]([O-])c1ccc(NCc2cc(Br)c(Br)s2)cc1F. The van der Waals surface area contributed by atoms with Gasteiger partial charge in [0.1, 0.15) is 0 Å². The van der Waals surface area contributed by atoms with Crippen LogP contribution in [0.1, 0.15) is 4.88 Å². The molecule has 1 heterocycles. The summed E-state index contributed by atoms with van der Waals surface area (Å²) in [6.07, 6.45) is 0. The average Bonchev–Trinajstić information content (AvgIpc) is 2.66. The molecule has 0 aliphatic heterocycles. The molecule has 1 aromatic carbocycles. The highest BCUT2D eigenvalue weighted by molar-refractivity contribution is 9.13. The van der Waals surface area contributed by atoms with Gasteiger partial charge in [-0.15, -0.1) is 11.3 Å². The summed E-state index contributed by atoms with van der Waals surface area (Å²) < 4.78 is 15.3. The Morgan fingerprint density at radius 3 is 2.63 bits per heavy atom. The largest absolute Gasteiger partial charge is 0.380 e. The summed E-state index contributed by atoms with van der Waals surface area (Å²) in [6.45, 7) is 0.520. The van der Waals surface area contributed by atoms with E-state index in [1.165, 1.54) is 6.07 Å². The van der Waals surface area contributed by atoms with Crippen LogP contribution >= 0.6 is 43.2 Å². The van der Waals surface area contributed by atoms with Gasteiger partial charge < -0.3 is 5.32 Å². The molecule has 100 valence electrons. The molecule has 8 heteroatoms. The number of nitro groups is 1. The first-order valence-electron chi connectivity index (χ1n) is 5.09. The Bertz CT molecular complexity index is 614. The van der Waals surface area contributed by atoms with E-state index in [9.17, 15) is 14.5 Å². The molecule has 0 saturated carbocycles. The van der Waals surface area contributed by atoms with Crippen LogP contribution < -0.4 is 5.32 Å². The molecule has 19 heavy (non-hydrogen) atoms. The van der Waals surface area contributed by atoms with E-state index in [-0.39, 0.29) is 0 Å². The smallest absolute Gasteiger partial charge is 0.304 e. The number of thiophene rings is 1. The van der Waals surface area contributed by atoms with Gasteiger partial charge in [-0.2, -0.15) is 4.39 Å². The van der Waals surface area contributed by atoms with E-state index in [4.69, 9.17) is 0 Å². The molecule has 1 aromatic heterocycles. The average molecular weight is 410 g/mol. The second-order valence-corrected chi connectivity index (χ2v) is 6.92. The molecule has 2 rings (SSSR count). The van der Waals surface area contributed by atoms with Gasteiger partial charge in [-0.3, -0.25) is 10.1 Å². The molecule has 0 spiro atoms. The summed E-state index contributed by atoms with van der Waals surface area (Å²) in [5.41, 5.74) is -0.0177. The summed E-state index contributed by atoms with van der Waals surface area (Å²) in [5, 5.41) is 13.5. The molecule has 0 aliphatic rings. The van der Waals surface area contributed by atoms with Gasteiger partial charge in [0.05, 0.1) is 8.71 Å². The third-order valence-corrected chi connectivity index (χ3v) is 5.56. The number of hydrogen-bond donors (Lipinski definition) is 1. The van der Waals surface area contributed by atoms with Crippen LogP contribution in [0.15, 0.2) is 32.5 Å². The van der Waals surface area contributed by atoms with Crippen LogP contribution in [0, 0.1) is 15.9 Å². The van der Waals surface area contributed by atoms with Gasteiger partial charge in [0.2, 0.25) is 5.82 Å². The van der Waals surface area contributed by atoms with E-state index in [1.807, 2.05) is 6.07 Å². The zero-order valence-electron chi connectivity index (χ0n) is 9.32. The topological polar surface area (TPSA) is 55.2 Å². The highest BCUT2D eigenvalue weighted by Gasteiger charge is 2.13. The van der Waals surface area contributed by atoms with Crippen molar-refractivity contribution in [3.8, 4) is 0 Å². The van der Waals surface area contributed by atoms with Crippen LogP contribution in [0.2, 0.25) is 0 Å². The second-order valence-electron chi connectivity index (χ2n) is 3.61. The Balaban J connectivity index is 2.08. The fraction of sp³-hybridized carbons (Fsp3) is 0.0909. The van der Waals surface area contributed by atoms with Gasteiger partial charge in [-0.25, -0.2) is 0 Å². The molecular formula is C11H7Br2FN2O2S. The number of anilines is 1. The van der Waals surface area contributed by atoms with E-state index in [1.54, 1.807) is 11.3 Å². The van der Waals surface area contributed by atoms with Crippen molar-refractivity contribution in [3.05, 3.63) is 53.3 Å². The molecule has 0 radical (unpaired) electrons. The van der Waals surface area contributed by atoms with Gasteiger partial charge in [0.25, 0.3) is 0 Å². The predicted molar refractivity (Wildman–Crippen MR) is 80.1 cm³/mol. The molecular weight excluding hydrogens is 403 g/mol. The van der Waals surface area contributed by atoms with Gasteiger partial charge in [-0.1, -0.05) is 0 Å². The third kappa shape index (κ3) is 3.52. The Hall–Kier alpha value is -0.990. The predicted octanol–water partition coefficient (Wildman–Crippen LogP) is 4.93. The number of nitrogens with zero attached hydrogens (tertiary/aromatic N) is 1. The van der Waals surface area contributed by atoms with E-state index in [0.29, 0.717) is 12.2 Å². The maximum atomic E-state index is 13.4. The first-order valence-corrected chi connectivity index (χ1v) is 7.49. The Morgan fingerprint density at radius 1 is 1.37 bits per heavy atom. The molecule has 2 aromatic rings. The number of nitro benzene ring substituents is 1. The van der Waals surface area contributed by atoms with E-state index in [0.717, 1.165) is 25.3 Å². The van der Waals surface area contributed by atoms with E-state index < -0.39 is 16.4 Å². The van der Waals surface area contributed by atoms with E-state index in [2.05, 4.69) is 37.2 Å². The number of rotatable bonds is 4. The lowest BCUT2D eigenvalue weighted by molar-refractivity contribution is -0.387. The lowest BCUT2D eigenvalue weighted by Gasteiger charge is -2.04. The van der Waals surface area contributed by atoms with Crippen molar-refractivity contribution in [1.29, 1.82) is 0 Å². The van der Waals surface area contributed by atoms with Gasteiger partial charge in [-0.05, 0) is 44.0 Å².